The van der Waals surface area contributed by atoms with Crippen molar-refractivity contribution in [2.45, 2.75) is 38.6 Å². The summed E-state index contributed by atoms with van der Waals surface area (Å²) in [5.41, 5.74) is 6.02. The van der Waals surface area contributed by atoms with Gasteiger partial charge in [0.15, 0.2) is 0 Å². The summed E-state index contributed by atoms with van der Waals surface area (Å²) in [4.78, 5) is 6.34. The van der Waals surface area contributed by atoms with Crippen LogP contribution in [-0.2, 0) is 6.42 Å². The number of aromatic nitrogens is 1. The van der Waals surface area contributed by atoms with Crippen LogP contribution in [0.5, 0.6) is 0 Å². The van der Waals surface area contributed by atoms with Crippen molar-refractivity contribution in [2.75, 3.05) is 13.1 Å². The molecule has 4 rings (SSSR count). The van der Waals surface area contributed by atoms with Crippen molar-refractivity contribution >= 4 is 10.9 Å². The normalized spacial score (nSPS) is 22.4. The maximum absolute atomic E-state index is 3.71. The SMILES string of the molecule is CCCC1=CCN2CCc3c([nH]c4ccccc34)[C@H]2C1. The Hall–Kier alpha value is -1.54. The zero-order valence-electron chi connectivity index (χ0n) is 12.2. The van der Waals surface area contributed by atoms with Gasteiger partial charge in [-0.05, 0) is 30.9 Å². The van der Waals surface area contributed by atoms with Gasteiger partial charge in [-0.1, -0.05) is 43.2 Å². The Bertz CT molecular complexity index is 665. The molecule has 2 aromatic rings. The number of hydrogen-bond donors (Lipinski definition) is 1. The van der Waals surface area contributed by atoms with Crippen molar-refractivity contribution in [1.29, 1.82) is 0 Å². The maximum Gasteiger partial charge on any atom is 0.0541 e. The van der Waals surface area contributed by atoms with Gasteiger partial charge in [0, 0.05) is 29.7 Å². The van der Waals surface area contributed by atoms with Gasteiger partial charge in [-0.3, -0.25) is 4.90 Å². The van der Waals surface area contributed by atoms with Crippen molar-refractivity contribution in [3.8, 4) is 0 Å². The Labute approximate surface area is 120 Å². The van der Waals surface area contributed by atoms with E-state index in [4.69, 9.17) is 0 Å². The number of H-pyrrole nitrogens is 1. The lowest BCUT2D eigenvalue weighted by molar-refractivity contribution is 0.189. The van der Waals surface area contributed by atoms with Gasteiger partial charge in [0.1, 0.15) is 0 Å². The summed E-state index contributed by atoms with van der Waals surface area (Å²) >= 11 is 0. The van der Waals surface area contributed by atoms with Crippen LogP contribution in [0.2, 0.25) is 0 Å². The summed E-state index contributed by atoms with van der Waals surface area (Å²) in [5.74, 6) is 0. The molecule has 0 spiro atoms. The molecule has 1 atom stereocenters. The number of benzene rings is 1. The number of nitrogens with zero attached hydrogens (tertiary/aromatic N) is 1. The van der Waals surface area contributed by atoms with Gasteiger partial charge >= 0.3 is 0 Å². The average molecular weight is 266 g/mol. The van der Waals surface area contributed by atoms with Crippen LogP contribution in [0.25, 0.3) is 10.9 Å². The van der Waals surface area contributed by atoms with Crippen LogP contribution in [0, 0.1) is 0 Å². The minimum absolute atomic E-state index is 0.581. The van der Waals surface area contributed by atoms with Crippen molar-refractivity contribution in [1.82, 2.24) is 9.88 Å². The Balaban J connectivity index is 1.76. The molecular formula is C18H22N2. The van der Waals surface area contributed by atoms with Crippen LogP contribution < -0.4 is 0 Å². The molecule has 0 aliphatic carbocycles. The fraction of sp³-hybridized carbons (Fsp3) is 0.444. The van der Waals surface area contributed by atoms with E-state index in [-0.39, 0.29) is 0 Å². The van der Waals surface area contributed by atoms with Crippen LogP contribution in [0.1, 0.15) is 43.5 Å². The van der Waals surface area contributed by atoms with E-state index in [9.17, 15) is 0 Å². The minimum Gasteiger partial charge on any atom is -0.357 e. The lowest BCUT2D eigenvalue weighted by atomic mass is 9.89. The number of fused-ring (bicyclic) bond motifs is 5. The highest BCUT2D eigenvalue weighted by Crippen LogP contribution is 2.40. The third-order valence-electron chi connectivity index (χ3n) is 4.91. The highest BCUT2D eigenvalue weighted by atomic mass is 15.2. The first-order valence-corrected chi connectivity index (χ1v) is 7.88. The third-order valence-corrected chi connectivity index (χ3v) is 4.91. The Morgan fingerprint density at radius 3 is 3.10 bits per heavy atom. The number of hydrogen-bond acceptors (Lipinski definition) is 1. The van der Waals surface area contributed by atoms with E-state index >= 15 is 0 Å². The quantitative estimate of drug-likeness (QED) is 0.807. The van der Waals surface area contributed by atoms with Gasteiger partial charge in [-0.25, -0.2) is 0 Å². The molecule has 0 amide bonds. The van der Waals surface area contributed by atoms with Gasteiger partial charge in [0.2, 0.25) is 0 Å². The fourth-order valence-corrected chi connectivity index (χ4v) is 3.92. The van der Waals surface area contributed by atoms with Crippen molar-refractivity contribution < 1.29 is 0 Å². The average Bonchev–Trinajstić information content (AvgIpc) is 2.87. The molecule has 104 valence electrons. The molecule has 3 heterocycles. The van der Waals surface area contributed by atoms with E-state index in [0.29, 0.717) is 6.04 Å². The van der Waals surface area contributed by atoms with E-state index in [2.05, 4.69) is 47.1 Å². The van der Waals surface area contributed by atoms with Crippen LogP contribution in [0.4, 0.5) is 0 Å². The van der Waals surface area contributed by atoms with E-state index in [0.717, 1.165) is 6.54 Å². The topological polar surface area (TPSA) is 19.0 Å². The molecule has 1 aromatic carbocycles. The molecule has 0 fully saturated rings. The van der Waals surface area contributed by atoms with Crippen LogP contribution in [0.3, 0.4) is 0 Å². The molecule has 0 bridgehead atoms. The maximum atomic E-state index is 3.71. The second kappa shape index (κ2) is 4.78. The highest BCUT2D eigenvalue weighted by Gasteiger charge is 2.32. The molecule has 20 heavy (non-hydrogen) atoms. The standard InChI is InChI=1S/C18H22N2/c1-2-5-13-8-10-20-11-9-15-14-6-3-4-7-16(14)19-18(15)17(20)12-13/h3-4,6-8,17,19H,2,5,9-12H2,1H3/t17-/m1/s1. The summed E-state index contributed by atoms with van der Waals surface area (Å²) in [6, 6.07) is 9.35. The predicted molar refractivity (Wildman–Crippen MR) is 83.9 cm³/mol. The molecule has 1 N–H and O–H groups in total. The van der Waals surface area contributed by atoms with Gasteiger partial charge < -0.3 is 4.98 Å². The van der Waals surface area contributed by atoms with Crippen LogP contribution in [0.15, 0.2) is 35.9 Å². The summed E-state index contributed by atoms with van der Waals surface area (Å²) in [6.07, 6.45) is 7.39. The number of rotatable bonds is 2. The van der Waals surface area contributed by atoms with E-state index in [1.165, 1.54) is 48.8 Å². The monoisotopic (exact) mass is 266 g/mol. The second-order valence-electron chi connectivity index (χ2n) is 6.14. The fourth-order valence-electron chi connectivity index (χ4n) is 3.92. The number of nitrogens with one attached hydrogen (secondary N) is 1. The Morgan fingerprint density at radius 1 is 1.30 bits per heavy atom. The lowest BCUT2D eigenvalue weighted by Gasteiger charge is -2.38. The van der Waals surface area contributed by atoms with Gasteiger partial charge in [0.25, 0.3) is 0 Å². The Kier molecular flexibility index (Phi) is 2.92. The van der Waals surface area contributed by atoms with Crippen molar-refractivity contribution in [2.24, 2.45) is 0 Å². The number of aromatic amines is 1. The molecule has 1 aromatic heterocycles. The first-order chi connectivity index (χ1) is 9.86. The molecular weight excluding hydrogens is 244 g/mol. The van der Waals surface area contributed by atoms with E-state index in [1.54, 1.807) is 11.1 Å². The zero-order valence-corrected chi connectivity index (χ0v) is 12.2. The first-order valence-electron chi connectivity index (χ1n) is 7.88. The molecule has 2 aliphatic rings. The molecule has 2 aliphatic heterocycles. The molecule has 0 unspecified atom stereocenters. The minimum atomic E-state index is 0.581. The third kappa shape index (κ3) is 1.82. The Morgan fingerprint density at radius 2 is 2.20 bits per heavy atom. The highest BCUT2D eigenvalue weighted by molar-refractivity contribution is 5.85. The molecule has 0 radical (unpaired) electrons. The van der Waals surface area contributed by atoms with Gasteiger partial charge in [-0.2, -0.15) is 0 Å². The zero-order chi connectivity index (χ0) is 13.5. The molecule has 0 saturated heterocycles. The lowest BCUT2D eigenvalue weighted by Crippen LogP contribution is -2.38. The van der Waals surface area contributed by atoms with Crippen molar-refractivity contribution in [3.05, 3.63) is 47.2 Å². The first kappa shape index (κ1) is 12.2. The summed E-state index contributed by atoms with van der Waals surface area (Å²) in [5, 5.41) is 1.44. The van der Waals surface area contributed by atoms with E-state index < -0.39 is 0 Å². The summed E-state index contributed by atoms with van der Waals surface area (Å²) in [6.45, 7) is 4.62. The smallest absolute Gasteiger partial charge is 0.0541 e. The van der Waals surface area contributed by atoms with Crippen LogP contribution in [-0.4, -0.2) is 23.0 Å². The van der Waals surface area contributed by atoms with Gasteiger partial charge in [-0.15, -0.1) is 0 Å². The molecule has 0 saturated carbocycles. The number of para-hydroxylation sites is 1. The largest absolute Gasteiger partial charge is 0.357 e. The van der Waals surface area contributed by atoms with Crippen LogP contribution >= 0.6 is 0 Å². The second-order valence-corrected chi connectivity index (χ2v) is 6.14. The summed E-state index contributed by atoms with van der Waals surface area (Å²) in [7, 11) is 0. The van der Waals surface area contributed by atoms with E-state index in [1.807, 2.05) is 0 Å². The molecule has 2 heteroatoms. The summed E-state index contributed by atoms with van der Waals surface area (Å²) < 4.78 is 0. The van der Waals surface area contributed by atoms with Gasteiger partial charge in [0.05, 0.1) is 6.04 Å². The molecule has 2 nitrogen and oxygen atoms in total. The van der Waals surface area contributed by atoms with Crippen molar-refractivity contribution in [3.63, 3.8) is 0 Å². The predicted octanol–water partition coefficient (Wildman–Crippen LogP) is 4.20.